The number of amides is 1. The fraction of sp³-hybridized carbons (Fsp3) is 0.235. The van der Waals surface area contributed by atoms with Gasteiger partial charge in [-0.25, -0.2) is 0 Å². The van der Waals surface area contributed by atoms with E-state index in [-0.39, 0.29) is 12.3 Å². The van der Waals surface area contributed by atoms with Crippen molar-refractivity contribution in [2.75, 3.05) is 7.11 Å². The van der Waals surface area contributed by atoms with Gasteiger partial charge in [-0.1, -0.05) is 0 Å². The highest BCUT2D eigenvalue weighted by Crippen LogP contribution is 2.21. The summed E-state index contributed by atoms with van der Waals surface area (Å²) >= 11 is 0. The maximum Gasteiger partial charge on any atom is 0.247 e. The quantitative estimate of drug-likeness (QED) is 0.717. The molecule has 1 amide bonds. The van der Waals surface area contributed by atoms with E-state index in [9.17, 15) is 4.79 Å². The average Bonchev–Trinajstić information content (AvgIpc) is 3.30. The number of hydrogen-bond donors (Lipinski definition) is 1. The van der Waals surface area contributed by atoms with Gasteiger partial charge in [0.1, 0.15) is 11.5 Å². The third-order valence-corrected chi connectivity index (χ3v) is 3.41. The molecule has 0 bridgehead atoms. The Morgan fingerprint density at radius 1 is 1.21 bits per heavy atom. The van der Waals surface area contributed by atoms with Crippen molar-refractivity contribution < 1.29 is 18.4 Å². The van der Waals surface area contributed by atoms with Crippen LogP contribution in [0.1, 0.15) is 18.1 Å². The number of nitrogens with one attached hydrogen (secondary N) is 1. The molecule has 3 aromatic rings. The van der Waals surface area contributed by atoms with Gasteiger partial charge in [-0.2, -0.15) is 0 Å². The highest BCUT2D eigenvalue weighted by atomic mass is 16.5. The molecule has 7 nitrogen and oxygen atoms in total. The van der Waals surface area contributed by atoms with Crippen LogP contribution in [0, 0.1) is 0 Å². The lowest BCUT2D eigenvalue weighted by Gasteiger charge is -2.01. The van der Waals surface area contributed by atoms with Crippen LogP contribution in [0.15, 0.2) is 51.5 Å². The Morgan fingerprint density at radius 3 is 2.75 bits per heavy atom. The number of nitrogens with zero attached hydrogens (tertiary/aromatic N) is 2. The molecule has 1 N–H and O–H groups in total. The highest BCUT2D eigenvalue weighted by molar-refractivity contribution is 5.75. The number of hydrogen-bond acceptors (Lipinski definition) is 6. The van der Waals surface area contributed by atoms with Crippen molar-refractivity contribution in [3.63, 3.8) is 0 Å². The molecule has 0 fully saturated rings. The number of rotatable bonds is 7. The van der Waals surface area contributed by atoms with Gasteiger partial charge in [-0.15, -0.1) is 10.2 Å². The zero-order chi connectivity index (χ0) is 16.8. The van der Waals surface area contributed by atoms with Crippen molar-refractivity contribution in [1.29, 1.82) is 0 Å². The molecule has 0 saturated carbocycles. The fourth-order valence-electron chi connectivity index (χ4n) is 2.11. The van der Waals surface area contributed by atoms with E-state index in [1.54, 1.807) is 25.5 Å². The summed E-state index contributed by atoms with van der Waals surface area (Å²) in [4.78, 5) is 11.8. The molecule has 0 saturated heterocycles. The second-order valence-electron chi connectivity index (χ2n) is 5.09. The number of ether oxygens (including phenoxy) is 1. The van der Waals surface area contributed by atoms with Gasteiger partial charge in [0.2, 0.25) is 17.7 Å². The molecule has 0 aliphatic heterocycles. The minimum absolute atomic E-state index is 0.101. The summed E-state index contributed by atoms with van der Waals surface area (Å²) in [6, 6.07) is 10.9. The average molecular weight is 327 g/mol. The third-order valence-electron chi connectivity index (χ3n) is 3.41. The van der Waals surface area contributed by atoms with Crippen LogP contribution in [-0.4, -0.2) is 23.2 Å². The van der Waals surface area contributed by atoms with Gasteiger partial charge in [-0.05, 0) is 36.4 Å². The standard InChI is InChI=1S/C17H17N3O4/c1-22-13-6-4-12(5-7-13)17-20-19-16(24-17)9-8-15(21)18-11-14-3-2-10-23-14/h2-7,10H,8-9,11H2,1H3,(H,18,21). The fourth-order valence-corrected chi connectivity index (χ4v) is 2.11. The minimum atomic E-state index is -0.101. The molecule has 7 heteroatoms. The molecule has 0 unspecified atom stereocenters. The summed E-state index contributed by atoms with van der Waals surface area (Å²) in [7, 11) is 1.61. The van der Waals surface area contributed by atoms with Crippen LogP contribution in [0.3, 0.4) is 0 Å². The smallest absolute Gasteiger partial charge is 0.247 e. The van der Waals surface area contributed by atoms with E-state index in [0.29, 0.717) is 30.5 Å². The molecule has 1 aromatic carbocycles. The SMILES string of the molecule is COc1ccc(-c2nnc(CCC(=O)NCc3ccco3)o2)cc1. The van der Waals surface area contributed by atoms with E-state index >= 15 is 0 Å². The Labute approximate surface area is 138 Å². The monoisotopic (exact) mass is 327 g/mol. The van der Waals surface area contributed by atoms with E-state index in [2.05, 4.69) is 15.5 Å². The first-order chi connectivity index (χ1) is 11.7. The Bertz CT molecular complexity index is 779. The molecule has 2 aromatic heterocycles. The third kappa shape index (κ3) is 4.01. The maximum atomic E-state index is 11.8. The Morgan fingerprint density at radius 2 is 2.04 bits per heavy atom. The number of methoxy groups -OCH3 is 1. The molecule has 0 aliphatic rings. The van der Waals surface area contributed by atoms with E-state index in [4.69, 9.17) is 13.6 Å². The predicted molar refractivity (Wildman–Crippen MR) is 85.2 cm³/mol. The molecular formula is C17H17N3O4. The van der Waals surface area contributed by atoms with Crippen molar-refractivity contribution >= 4 is 5.91 Å². The van der Waals surface area contributed by atoms with Crippen LogP contribution >= 0.6 is 0 Å². The largest absolute Gasteiger partial charge is 0.497 e. The van der Waals surface area contributed by atoms with E-state index in [1.807, 2.05) is 24.3 Å². The molecule has 0 aliphatic carbocycles. The minimum Gasteiger partial charge on any atom is -0.497 e. The summed E-state index contributed by atoms with van der Waals surface area (Å²) in [5.74, 6) is 2.21. The molecule has 124 valence electrons. The van der Waals surface area contributed by atoms with Gasteiger partial charge in [-0.3, -0.25) is 4.79 Å². The number of carbonyl (C=O) groups excluding carboxylic acids is 1. The normalized spacial score (nSPS) is 10.5. The number of benzene rings is 1. The van der Waals surface area contributed by atoms with Gasteiger partial charge >= 0.3 is 0 Å². The first-order valence-electron chi connectivity index (χ1n) is 7.50. The van der Waals surface area contributed by atoms with E-state index in [0.717, 1.165) is 11.3 Å². The van der Waals surface area contributed by atoms with Gasteiger partial charge in [0.15, 0.2) is 0 Å². The lowest BCUT2D eigenvalue weighted by Crippen LogP contribution is -2.22. The first kappa shape index (κ1) is 15.8. The van der Waals surface area contributed by atoms with Crippen molar-refractivity contribution in [3.05, 3.63) is 54.3 Å². The Balaban J connectivity index is 1.51. The lowest BCUT2D eigenvalue weighted by molar-refractivity contribution is -0.121. The summed E-state index contributed by atoms with van der Waals surface area (Å²) in [6.07, 6.45) is 2.22. The molecule has 0 spiro atoms. The Hall–Kier alpha value is -3.09. The lowest BCUT2D eigenvalue weighted by atomic mass is 10.2. The van der Waals surface area contributed by atoms with Gasteiger partial charge in [0.05, 0.1) is 19.9 Å². The topological polar surface area (TPSA) is 90.4 Å². The van der Waals surface area contributed by atoms with Crippen LogP contribution in [-0.2, 0) is 17.8 Å². The summed E-state index contributed by atoms with van der Waals surface area (Å²) in [5, 5.41) is 10.7. The molecule has 24 heavy (non-hydrogen) atoms. The number of aromatic nitrogens is 2. The zero-order valence-corrected chi connectivity index (χ0v) is 13.2. The summed E-state index contributed by atoms with van der Waals surface area (Å²) < 4.78 is 15.8. The summed E-state index contributed by atoms with van der Waals surface area (Å²) in [6.45, 7) is 0.368. The molecule has 2 heterocycles. The van der Waals surface area contributed by atoms with Crippen molar-refractivity contribution in [2.45, 2.75) is 19.4 Å². The van der Waals surface area contributed by atoms with Crippen molar-refractivity contribution in [3.8, 4) is 17.2 Å². The van der Waals surface area contributed by atoms with Crippen LogP contribution < -0.4 is 10.1 Å². The van der Waals surface area contributed by atoms with Gasteiger partial charge < -0.3 is 18.9 Å². The number of carbonyl (C=O) groups is 1. The highest BCUT2D eigenvalue weighted by Gasteiger charge is 2.11. The van der Waals surface area contributed by atoms with Crippen LogP contribution in [0.2, 0.25) is 0 Å². The molecular weight excluding hydrogens is 310 g/mol. The molecule has 0 radical (unpaired) electrons. The van der Waals surface area contributed by atoms with Crippen LogP contribution in [0.25, 0.3) is 11.5 Å². The second kappa shape index (κ2) is 7.45. The first-order valence-corrected chi connectivity index (χ1v) is 7.50. The predicted octanol–water partition coefficient (Wildman–Crippen LogP) is 2.59. The van der Waals surface area contributed by atoms with Crippen LogP contribution in [0.4, 0.5) is 0 Å². The second-order valence-corrected chi connectivity index (χ2v) is 5.09. The Kier molecular flexibility index (Phi) is 4.90. The molecule has 0 atom stereocenters. The number of furan rings is 1. The van der Waals surface area contributed by atoms with E-state index in [1.165, 1.54) is 0 Å². The zero-order valence-electron chi connectivity index (χ0n) is 13.2. The van der Waals surface area contributed by atoms with Gasteiger partial charge in [0.25, 0.3) is 0 Å². The summed E-state index contributed by atoms with van der Waals surface area (Å²) in [5.41, 5.74) is 0.803. The van der Waals surface area contributed by atoms with E-state index < -0.39 is 0 Å². The van der Waals surface area contributed by atoms with Crippen molar-refractivity contribution in [1.82, 2.24) is 15.5 Å². The molecule has 3 rings (SSSR count). The van der Waals surface area contributed by atoms with Gasteiger partial charge in [0, 0.05) is 18.4 Å². The van der Waals surface area contributed by atoms with Crippen molar-refractivity contribution in [2.24, 2.45) is 0 Å². The van der Waals surface area contributed by atoms with Crippen LogP contribution in [0.5, 0.6) is 5.75 Å². The number of aryl methyl sites for hydroxylation is 1. The maximum absolute atomic E-state index is 11.8.